The third-order valence-electron chi connectivity index (χ3n) is 3.40. The summed E-state index contributed by atoms with van der Waals surface area (Å²) < 4.78 is 1.96. The van der Waals surface area contributed by atoms with Crippen molar-refractivity contribution in [2.45, 2.75) is 32.9 Å². The standard InChI is InChI=1S/C15H16ClN3O/c1-10-7-11(2)19(17-10)9-12-8-15(18-20-12)13-5-3-4-6-14(13)16/h3-7,12H,8-9H2,1-2H3. The molecule has 1 aromatic heterocycles. The zero-order valence-electron chi connectivity index (χ0n) is 11.5. The predicted molar refractivity (Wildman–Crippen MR) is 79.2 cm³/mol. The lowest BCUT2D eigenvalue weighted by Crippen LogP contribution is -2.18. The molecule has 1 atom stereocenters. The number of nitrogens with zero attached hydrogens (tertiary/aromatic N) is 3. The molecule has 1 aliphatic rings. The Labute approximate surface area is 123 Å². The Kier molecular flexibility index (Phi) is 3.49. The zero-order chi connectivity index (χ0) is 14.1. The topological polar surface area (TPSA) is 39.4 Å². The van der Waals surface area contributed by atoms with Gasteiger partial charge < -0.3 is 4.84 Å². The van der Waals surface area contributed by atoms with Gasteiger partial charge in [-0.15, -0.1) is 0 Å². The number of benzene rings is 1. The van der Waals surface area contributed by atoms with Crippen LogP contribution in [0.1, 0.15) is 23.4 Å². The number of hydrogen-bond donors (Lipinski definition) is 0. The molecule has 0 aliphatic carbocycles. The molecular formula is C15H16ClN3O. The third kappa shape index (κ3) is 2.56. The Morgan fingerprint density at radius 2 is 2.15 bits per heavy atom. The van der Waals surface area contributed by atoms with E-state index in [1.54, 1.807) is 0 Å². The lowest BCUT2D eigenvalue weighted by Gasteiger charge is -2.09. The maximum absolute atomic E-state index is 6.19. The first-order valence-corrected chi connectivity index (χ1v) is 7.00. The summed E-state index contributed by atoms with van der Waals surface area (Å²) in [6.45, 7) is 4.74. The van der Waals surface area contributed by atoms with Crippen molar-refractivity contribution >= 4 is 17.3 Å². The van der Waals surface area contributed by atoms with Crippen LogP contribution in [0.2, 0.25) is 5.02 Å². The van der Waals surface area contributed by atoms with Crippen molar-refractivity contribution in [1.29, 1.82) is 0 Å². The van der Waals surface area contributed by atoms with E-state index < -0.39 is 0 Å². The largest absolute Gasteiger partial charge is 0.390 e. The Bertz CT molecular complexity index is 663. The van der Waals surface area contributed by atoms with Gasteiger partial charge in [0.25, 0.3) is 0 Å². The summed E-state index contributed by atoms with van der Waals surface area (Å²) in [7, 11) is 0. The molecule has 2 heterocycles. The second-order valence-corrected chi connectivity index (χ2v) is 5.47. The van der Waals surface area contributed by atoms with Gasteiger partial charge in [0.1, 0.15) is 0 Å². The van der Waals surface area contributed by atoms with Crippen LogP contribution >= 0.6 is 11.6 Å². The van der Waals surface area contributed by atoms with E-state index in [1.165, 1.54) is 0 Å². The van der Waals surface area contributed by atoms with E-state index in [9.17, 15) is 0 Å². The van der Waals surface area contributed by atoms with Gasteiger partial charge in [-0.2, -0.15) is 5.10 Å². The lowest BCUT2D eigenvalue weighted by molar-refractivity contribution is 0.0692. The molecule has 1 aromatic carbocycles. The fourth-order valence-corrected chi connectivity index (χ4v) is 2.68. The van der Waals surface area contributed by atoms with Gasteiger partial charge in [0.05, 0.1) is 18.0 Å². The molecule has 0 radical (unpaired) electrons. The van der Waals surface area contributed by atoms with Gasteiger partial charge in [0.15, 0.2) is 6.10 Å². The van der Waals surface area contributed by atoms with Gasteiger partial charge in [-0.25, -0.2) is 0 Å². The highest BCUT2D eigenvalue weighted by atomic mass is 35.5. The maximum atomic E-state index is 6.19. The van der Waals surface area contributed by atoms with E-state index in [2.05, 4.69) is 16.3 Å². The van der Waals surface area contributed by atoms with Crippen molar-refractivity contribution in [3.05, 3.63) is 52.3 Å². The van der Waals surface area contributed by atoms with Gasteiger partial charge >= 0.3 is 0 Å². The van der Waals surface area contributed by atoms with Gasteiger partial charge in [-0.3, -0.25) is 4.68 Å². The summed E-state index contributed by atoms with van der Waals surface area (Å²) in [4.78, 5) is 5.51. The Morgan fingerprint density at radius 3 is 2.85 bits per heavy atom. The van der Waals surface area contributed by atoms with E-state index >= 15 is 0 Å². The molecule has 0 saturated carbocycles. The molecular weight excluding hydrogens is 274 g/mol. The van der Waals surface area contributed by atoms with Crippen LogP contribution in [0.25, 0.3) is 0 Å². The van der Waals surface area contributed by atoms with Gasteiger partial charge in [-0.05, 0) is 26.0 Å². The summed E-state index contributed by atoms with van der Waals surface area (Å²) >= 11 is 6.19. The number of aryl methyl sites for hydroxylation is 2. The van der Waals surface area contributed by atoms with Gasteiger partial charge in [-0.1, -0.05) is 35.0 Å². The van der Waals surface area contributed by atoms with E-state index in [0.717, 1.165) is 29.1 Å². The van der Waals surface area contributed by atoms with Crippen LogP contribution in [0.15, 0.2) is 35.5 Å². The van der Waals surface area contributed by atoms with E-state index in [1.807, 2.05) is 42.8 Å². The lowest BCUT2D eigenvalue weighted by atomic mass is 10.1. The first kappa shape index (κ1) is 13.2. The highest BCUT2D eigenvalue weighted by molar-refractivity contribution is 6.34. The molecule has 0 saturated heterocycles. The summed E-state index contributed by atoms with van der Waals surface area (Å²) in [5.41, 5.74) is 4.01. The molecule has 0 fully saturated rings. The molecule has 0 N–H and O–H groups in total. The number of halogens is 1. The molecule has 0 amide bonds. The third-order valence-corrected chi connectivity index (χ3v) is 3.73. The average molecular weight is 290 g/mol. The summed E-state index contributed by atoms with van der Waals surface area (Å²) in [6.07, 6.45) is 0.765. The molecule has 0 spiro atoms. The van der Waals surface area contributed by atoms with Crippen LogP contribution in [0.3, 0.4) is 0 Å². The number of oxime groups is 1. The van der Waals surface area contributed by atoms with Crippen LogP contribution in [0.5, 0.6) is 0 Å². The van der Waals surface area contributed by atoms with Crippen LogP contribution in [0, 0.1) is 13.8 Å². The molecule has 20 heavy (non-hydrogen) atoms. The minimum Gasteiger partial charge on any atom is -0.390 e. The first-order valence-electron chi connectivity index (χ1n) is 6.62. The summed E-state index contributed by atoms with van der Waals surface area (Å²) in [5, 5.41) is 9.33. The molecule has 1 unspecified atom stereocenters. The number of aromatic nitrogens is 2. The fraction of sp³-hybridized carbons (Fsp3) is 0.333. The maximum Gasteiger partial charge on any atom is 0.152 e. The fourth-order valence-electron chi connectivity index (χ4n) is 2.43. The van der Waals surface area contributed by atoms with E-state index in [4.69, 9.17) is 16.4 Å². The van der Waals surface area contributed by atoms with Crippen LogP contribution in [-0.4, -0.2) is 21.6 Å². The summed E-state index contributed by atoms with van der Waals surface area (Å²) in [6, 6.07) is 9.77. The van der Waals surface area contributed by atoms with Gasteiger partial charge in [0.2, 0.25) is 0 Å². The van der Waals surface area contributed by atoms with Crippen molar-refractivity contribution < 1.29 is 4.84 Å². The molecule has 104 valence electrons. The Morgan fingerprint density at radius 1 is 1.35 bits per heavy atom. The zero-order valence-corrected chi connectivity index (χ0v) is 12.3. The SMILES string of the molecule is Cc1cc(C)n(CC2CC(c3ccccc3Cl)=NO2)n1. The smallest absolute Gasteiger partial charge is 0.152 e. The number of rotatable bonds is 3. The van der Waals surface area contributed by atoms with Crippen molar-refractivity contribution in [3.63, 3.8) is 0 Å². The molecule has 4 nitrogen and oxygen atoms in total. The quantitative estimate of drug-likeness (QED) is 0.869. The van der Waals surface area contributed by atoms with Crippen molar-refractivity contribution in [2.24, 2.45) is 5.16 Å². The highest BCUT2D eigenvalue weighted by Gasteiger charge is 2.24. The van der Waals surface area contributed by atoms with Crippen LogP contribution in [0.4, 0.5) is 0 Å². The molecule has 3 rings (SSSR count). The van der Waals surface area contributed by atoms with Crippen molar-refractivity contribution in [1.82, 2.24) is 9.78 Å². The van der Waals surface area contributed by atoms with E-state index in [0.29, 0.717) is 11.6 Å². The van der Waals surface area contributed by atoms with Crippen LogP contribution in [-0.2, 0) is 11.4 Å². The van der Waals surface area contributed by atoms with Gasteiger partial charge in [0, 0.05) is 22.7 Å². The van der Waals surface area contributed by atoms with Crippen molar-refractivity contribution in [3.8, 4) is 0 Å². The Balaban J connectivity index is 1.70. The molecule has 5 heteroatoms. The predicted octanol–water partition coefficient (Wildman–Crippen LogP) is 3.35. The molecule has 0 bridgehead atoms. The summed E-state index contributed by atoms with van der Waals surface area (Å²) in [5.74, 6) is 0. The van der Waals surface area contributed by atoms with Crippen LogP contribution < -0.4 is 0 Å². The second-order valence-electron chi connectivity index (χ2n) is 5.06. The minimum absolute atomic E-state index is 0.0132. The van der Waals surface area contributed by atoms with Crippen molar-refractivity contribution in [2.75, 3.05) is 0 Å². The highest BCUT2D eigenvalue weighted by Crippen LogP contribution is 2.23. The number of hydrogen-bond acceptors (Lipinski definition) is 3. The first-order chi connectivity index (χ1) is 9.63. The normalized spacial score (nSPS) is 17.9. The second kappa shape index (κ2) is 5.29. The minimum atomic E-state index is 0.0132. The monoisotopic (exact) mass is 289 g/mol. The average Bonchev–Trinajstić information content (AvgIpc) is 2.98. The van der Waals surface area contributed by atoms with E-state index in [-0.39, 0.29) is 6.10 Å². The Hall–Kier alpha value is -1.81. The molecule has 1 aliphatic heterocycles. The molecule has 2 aromatic rings.